The molecule has 0 heterocycles. The molecule has 0 bridgehead atoms. The summed E-state index contributed by atoms with van der Waals surface area (Å²) in [5, 5.41) is 13.5. The van der Waals surface area contributed by atoms with E-state index in [-0.39, 0.29) is 6.07 Å². The van der Waals surface area contributed by atoms with Crippen molar-refractivity contribution in [1.29, 1.82) is 5.26 Å². The van der Waals surface area contributed by atoms with E-state index in [1.54, 1.807) is 0 Å². The van der Waals surface area contributed by atoms with Crippen LogP contribution in [-0.4, -0.2) is 11.9 Å². The molecule has 0 saturated heterocycles. The highest BCUT2D eigenvalue weighted by Crippen LogP contribution is 2.37. The Morgan fingerprint density at radius 3 is 1.86 bits per heavy atom. The molecule has 0 spiro atoms. The summed E-state index contributed by atoms with van der Waals surface area (Å²) in [4.78, 5) is 12.2. The molecular weight excluding hydrogens is 388 g/mol. The van der Waals surface area contributed by atoms with Crippen molar-refractivity contribution in [2.24, 2.45) is 0 Å². The van der Waals surface area contributed by atoms with Crippen molar-refractivity contribution < 1.29 is 31.1 Å². The Morgan fingerprint density at radius 2 is 1.43 bits per heavy atom. The molecule has 0 unspecified atom stereocenters. The molecule has 1 amide bonds. The number of hydrogen-bond acceptors (Lipinski definition) is 3. The average Bonchev–Trinajstić information content (AvgIpc) is 2.60. The lowest BCUT2D eigenvalue weighted by molar-refractivity contribution is -0.143. The Bertz CT molecular complexity index is 865. The number of halogens is 6. The molecule has 0 aliphatic rings. The van der Waals surface area contributed by atoms with Gasteiger partial charge in [-0.15, -0.1) is 0 Å². The number of nitrogens with zero attached hydrogens (tertiary/aromatic N) is 1. The molecule has 4 nitrogen and oxygen atoms in total. The van der Waals surface area contributed by atoms with E-state index >= 15 is 0 Å². The predicted octanol–water partition coefficient (Wildman–Crippen LogP) is 5.03. The van der Waals surface area contributed by atoms with Crippen molar-refractivity contribution in [3.05, 3.63) is 59.2 Å². The zero-order valence-corrected chi connectivity index (χ0v) is 14.2. The highest BCUT2D eigenvalue weighted by molar-refractivity contribution is 5.96. The highest BCUT2D eigenvalue weighted by Gasteiger charge is 2.37. The van der Waals surface area contributed by atoms with Crippen LogP contribution in [0.4, 0.5) is 37.7 Å². The summed E-state index contributed by atoms with van der Waals surface area (Å²) in [7, 11) is 0. The number of carbonyl (C=O) groups excluding carboxylic acids is 1. The zero-order valence-electron chi connectivity index (χ0n) is 14.2. The Hall–Kier alpha value is -3.22. The van der Waals surface area contributed by atoms with E-state index in [0.29, 0.717) is 23.4 Å². The minimum atomic E-state index is -4.98. The summed E-state index contributed by atoms with van der Waals surface area (Å²) < 4.78 is 77.3. The van der Waals surface area contributed by atoms with E-state index in [0.717, 1.165) is 0 Å². The average molecular weight is 401 g/mol. The van der Waals surface area contributed by atoms with Crippen LogP contribution in [0.1, 0.15) is 23.6 Å². The number of amides is 1. The monoisotopic (exact) mass is 401 g/mol. The second-order valence-corrected chi connectivity index (χ2v) is 5.84. The maximum Gasteiger partial charge on any atom is 0.416 e. The fourth-order valence-corrected chi connectivity index (χ4v) is 2.23. The highest BCUT2D eigenvalue weighted by atomic mass is 19.4. The van der Waals surface area contributed by atoms with Crippen molar-refractivity contribution >= 4 is 17.3 Å². The largest absolute Gasteiger partial charge is 0.416 e. The Balaban J connectivity index is 2.20. The lowest BCUT2D eigenvalue weighted by Gasteiger charge is -2.18. The van der Waals surface area contributed by atoms with Crippen LogP contribution in [-0.2, 0) is 17.1 Å². The fourth-order valence-electron chi connectivity index (χ4n) is 2.23. The molecule has 0 aliphatic carbocycles. The van der Waals surface area contributed by atoms with E-state index in [4.69, 9.17) is 5.26 Å². The Morgan fingerprint density at radius 1 is 0.929 bits per heavy atom. The van der Waals surface area contributed by atoms with Crippen LogP contribution in [0.25, 0.3) is 0 Å². The molecule has 1 atom stereocenters. The molecule has 10 heteroatoms. The van der Waals surface area contributed by atoms with Gasteiger partial charge in [0, 0.05) is 11.4 Å². The van der Waals surface area contributed by atoms with E-state index in [2.05, 4.69) is 10.6 Å². The van der Waals surface area contributed by atoms with Gasteiger partial charge in [0.2, 0.25) is 5.91 Å². The van der Waals surface area contributed by atoms with Crippen LogP contribution < -0.4 is 10.6 Å². The minimum Gasteiger partial charge on any atom is -0.374 e. The topological polar surface area (TPSA) is 64.9 Å². The molecule has 0 aliphatic heterocycles. The van der Waals surface area contributed by atoms with Crippen LogP contribution in [0.2, 0.25) is 0 Å². The summed E-state index contributed by atoms with van der Waals surface area (Å²) in [6.45, 7) is 1.28. The lowest BCUT2D eigenvalue weighted by Crippen LogP contribution is -2.32. The minimum absolute atomic E-state index is 0.00661. The SMILES string of the molecule is C[C@@H](Nc1cc(C(F)(F)F)cc(C(F)(F)F)c1)C(=O)Nc1ccc(C#N)cc1. The number of nitrogens with one attached hydrogen (secondary N) is 2. The first-order chi connectivity index (χ1) is 12.9. The van der Waals surface area contributed by atoms with Gasteiger partial charge in [-0.2, -0.15) is 31.6 Å². The van der Waals surface area contributed by atoms with Gasteiger partial charge in [0.25, 0.3) is 0 Å². The van der Waals surface area contributed by atoms with Crippen molar-refractivity contribution in [2.45, 2.75) is 25.3 Å². The standard InChI is InChI=1S/C18H13F6N3O/c1-10(16(28)27-14-4-2-11(9-25)3-5-14)26-15-7-12(17(19,20)21)6-13(8-15)18(22,23)24/h2-8,10,26H,1H3,(H,27,28)/t10-/m1/s1. The number of benzene rings is 2. The Kier molecular flexibility index (Phi) is 5.87. The smallest absolute Gasteiger partial charge is 0.374 e. The van der Waals surface area contributed by atoms with Crippen molar-refractivity contribution in [3.8, 4) is 6.07 Å². The normalized spacial score (nSPS) is 12.8. The molecule has 2 aromatic carbocycles. The number of anilines is 2. The molecule has 0 aromatic heterocycles. The molecule has 0 fully saturated rings. The maximum atomic E-state index is 12.9. The van der Waals surface area contributed by atoms with E-state index in [9.17, 15) is 31.1 Å². The van der Waals surface area contributed by atoms with Gasteiger partial charge in [0.1, 0.15) is 6.04 Å². The van der Waals surface area contributed by atoms with Gasteiger partial charge in [-0.1, -0.05) is 0 Å². The second-order valence-electron chi connectivity index (χ2n) is 5.84. The number of nitriles is 1. The van der Waals surface area contributed by atoms with Gasteiger partial charge in [-0.3, -0.25) is 4.79 Å². The van der Waals surface area contributed by atoms with Gasteiger partial charge in [-0.25, -0.2) is 0 Å². The quantitative estimate of drug-likeness (QED) is 0.706. The summed E-state index contributed by atoms with van der Waals surface area (Å²) in [5.41, 5.74) is -2.79. The third kappa shape index (κ3) is 5.39. The molecule has 2 aromatic rings. The first kappa shape index (κ1) is 21.1. The van der Waals surface area contributed by atoms with Crippen molar-refractivity contribution in [1.82, 2.24) is 0 Å². The number of hydrogen-bond donors (Lipinski definition) is 2. The third-order valence-corrected chi connectivity index (χ3v) is 3.65. The van der Waals surface area contributed by atoms with Gasteiger partial charge in [0.05, 0.1) is 22.8 Å². The summed E-state index contributed by atoms with van der Waals surface area (Å²) in [5.74, 6) is -0.685. The zero-order chi connectivity index (χ0) is 21.1. The Labute approximate surface area is 155 Å². The lowest BCUT2D eigenvalue weighted by atomic mass is 10.1. The molecule has 0 saturated carbocycles. The molecule has 2 N–H and O–H groups in total. The van der Waals surface area contributed by atoms with Gasteiger partial charge >= 0.3 is 12.4 Å². The molecule has 148 valence electrons. The summed E-state index contributed by atoms with van der Waals surface area (Å²) >= 11 is 0. The maximum absolute atomic E-state index is 12.9. The first-order valence-electron chi connectivity index (χ1n) is 7.77. The number of alkyl halides is 6. The van der Waals surface area contributed by atoms with Crippen molar-refractivity contribution in [3.63, 3.8) is 0 Å². The molecule has 28 heavy (non-hydrogen) atoms. The van der Waals surface area contributed by atoms with E-state index < -0.39 is 41.1 Å². The van der Waals surface area contributed by atoms with Crippen molar-refractivity contribution in [2.75, 3.05) is 10.6 Å². The van der Waals surface area contributed by atoms with E-state index in [1.807, 2.05) is 6.07 Å². The second kappa shape index (κ2) is 7.80. The van der Waals surface area contributed by atoms with Crippen LogP contribution in [0.15, 0.2) is 42.5 Å². The van der Waals surface area contributed by atoms with Crippen LogP contribution in [0.3, 0.4) is 0 Å². The van der Waals surface area contributed by atoms with Gasteiger partial charge in [0.15, 0.2) is 0 Å². The number of rotatable bonds is 4. The first-order valence-corrected chi connectivity index (χ1v) is 7.77. The van der Waals surface area contributed by atoms with Gasteiger partial charge in [-0.05, 0) is 49.4 Å². The van der Waals surface area contributed by atoms with E-state index in [1.165, 1.54) is 31.2 Å². The molecule has 0 radical (unpaired) electrons. The number of carbonyl (C=O) groups is 1. The predicted molar refractivity (Wildman–Crippen MR) is 89.3 cm³/mol. The van der Waals surface area contributed by atoms with Gasteiger partial charge < -0.3 is 10.6 Å². The molecular formula is C18H13F6N3O. The molecule has 2 rings (SSSR count). The summed E-state index contributed by atoms with van der Waals surface area (Å²) in [6, 6.07) is 7.52. The third-order valence-electron chi connectivity index (χ3n) is 3.65. The van der Waals surface area contributed by atoms with Crippen LogP contribution in [0, 0.1) is 11.3 Å². The summed E-state index contributed by atoms with van der Waals surface area (Å²) in [6.07, 6.45) is -9.96. The van der Waals surface area contributed by atoms with Crippen LogP contribution in [0.5, 0.6) is 0 Å². The van der Waals surface area contributed by atoms with Crippen LogP contribution >= 0.6 is 0 Å². The fraction of sp³-hybridized carbons (Fsp3) is 0.222.